The number of hydrogen-bond donors (Lipinski definition) is 3. The van der Waals surface area contributed by atoms with Gasteiger partial charge in [0.25, 0.3) is 0 Å². The first-order valence-corrected chi connectivity index (χ1v) is 6.68. The van der Waals surface area contributed by atoms with E-state index < -0.39 is 6.04 Å². The molecule has 0 spiro atoms. The van der Waals surface area contributed by atoms with E-state index in [1.54, 1.807) is 7.11 Å². The van der Waals surface area contributed by atoms with E-state index in [-0.39, 0.29) is 17.9 Å². The zero-order valence-electron chi connectivity index (χ0n) is 11.9. The van der Waals surface area contributed by atoms with E-state index >= 15 is 0 Å². The van der Waals surface area contributed by atoms with Crippen LogP contribution < -0.4 is 11.1 Å². The second-order valence-corrected chi connectivity index (χ2v) is 4.82. The lowest BCUT2D eigenvalue weighted by Gasteiger charge is -2.30. The lowest BCUT2D eigenvalue weighted by molar-refractivity contribution is -0.123. The first-order chi connectivity index (χ1) is 8.55. The van der Waals surface area contributed by atoms with E-state index in [9.17, 15) is 9.90 Å². The molecule has 5 nitrogen and oxygen atoms in total. The molecule has 0 aromatic carbocycles. The average molecular weight is 260 g/mol. The van der Waals surface area contributed by atoms with Crippen LogP contribution in [0.5, 0.6) is 0 Å². The maximum atomic E-state index is 11.8. The number of ether oxygens (including phenoxy) is 1. The highest BCUT2D eigenvalue weighted by Gasteiger charge is 2.26. The van der Waals surface area contributed by atoms with Crippen molar-refractivity contribution in [2.75, 3.05) is 26.9 Å². The highest BCUT2D eigenvalue weighted by Crippen LogP contribution is 2.24. The van der Waals surface area contributed by atoms with Crippen LogP contribution in [-0.4, -0.2) is 43.9 Å². The van der Waals surface area contributed by atoms with Gasteiger partial charge in [-0.3, -0.25) is 4.79 Å². The molecule has 0 aromatic heterocycles. The van der Waals surface area contributed by atoms with Crippen molar-refractivity contribution in [3.05, 3.63) is 0 Å². The summed E-state index contributed by atoms with van der Waals surface area (Å²) < 4.78 is 4.92. The zero-order chi connectivity index (χ0) is 14.0. The van der Waals surface area contributed by atoms with Gasteiger partial charge in [0.1, 0.15) is 0 Å². The van der Waals surface area contributed by atoms with Crippen molar-refractivity contribution in [3.63, 3.8) is 0 Å². The van der Waals surface area contributed by atoms with E-state index in [4.69, 9.17) is 10.5 Å². The molecular formula is C13H28N2O3. The molecule has 4 N–H and O–H groups in total. The van der Waals surface area contributed by atoms with Gasteiger partial charge >= 0.3 is 0 Å². The standard InChI is InChI=1S/C13H28N2O3/c1-4-13(5-2,10-16)9-15-12(17)11(14)7-6-8-18-3/h11,16H,4-10,14H2,1-3H3,(H,15,17). The minimum atomic E-state index is -0.495. The highest BCUT2D eigenvalue weighted by atomic mass is 16.5. The second kappa shape index (κ2) is 9.30. The Labute approximate surface area is 110 Å². The number of carbonyl (C=O) groups is 1. The minimum Gasteiger partial charge on any atom is -0.396 e. The molecule has 0 heterocycles. The Hall–Kier alpha value is -0.650. The molecule has 0 bridgehead atoms. The molecule has 1 amide bonds. The summed E-state index contributed by atoms with van der Waals surface area (Å²) in [5.74, 6) is -0.147. The van der Waals surface area contributed by atoms with Gasteiger partial charge in [-0.2, -0.15) is 0 Å². The fraction of sp³-hybridized carbons (Fsp3) is 0.923. The Kier molecular flexibility index (Phi) is 8.97. The monoisotopic (exact) mass is 260 g/mol. The Morgan fingerprint density at radius 2 is 2.06 bits per heavy atom. The number of rotatable bonds is 10. The van der Waals surface area contributed by atoms with Crippen molar-refractivity contribution in [2.24, 2.45) is 11.1 Å². The summed E-state index contributed by atoms with van der Waals surface area (Å²) in [5, 5.41) is 12.2. The smallest absolute Gasteiger partial charge is 0.236 e. The number of hydrogen-bond acceptors (Lipinski definition) is 4. The third kappa shape index (κ3) is 5.80. The van der Waals surface area contributed by atoms with Gasteiger partial charge in [-0.05, 0) is 25.7 Å². The lowest BCUT2D eigenvalue weighted by Crippen LogP contribution is -2.46. The zero-order valence-corrected chi connectivity index (χ0v) is 11.9. The molecule has 0 fully saturated rings. The van der Waals surface area contributed by atoms with E-state index in [1.807, 2.05) is 13.8 Å². The predicted octanol–water partition coefficient (Wildman–Crippen LogP) is 0.655. The molecule has 0 saturated heterocycles. The normalized spacial score (nSPS) is 13.4. The van der Waals surface area contributed by atoms with Crippen LogP contribution in [0.3, 0.4) is 0 Å². The molecule has 108 valence electrons. The van der Waals surface area contributed by atoms with Crippen molar-refractivity contribution in [1.82, 2.24) is 5.32 Å². The first-order valence-electron chi connectivity index (χ1n) is 6.68. The van der Waals surface area contributed by atoms with E-state index in [2.05, 4.69) is 5.32 Å². The molecule has 0 radical (unpaired) electrons. The molecule has 0 rings (SSSR count). The van der Waals surface area contributed by atoms with Gasteiger partial charge in [-0.25, -0.2) is 0 Å². The maximum Gasteiger partial charge on any atom is 0.236 e. The van der Waals surface area contributed by atoms with Crippen LogP contribution in [0.15, 0.2) is 0 Å². The van der Waals surface area contributed by atoms with Gasteiger partial charge in [0, 0.05) is 25.7 Å². The van der Waals surface area contributed by atoms with Crippen molar-refractivity contribution in [3.8, 4) is 0 Å². The number of methoxy groups -OCH3 is 1. The summed E-state index contributed by atoms with van der Waals surface area (Å²) in [6.45, 7) is 5.22. The molecule has 0 aliphatic rings. The summed E-state index contributed by atoms with van der Waals surface area (Å²) in [7, 11) is 1.63. The maximum absolute atomic E-state index is 11.8. The van der Waals surface area contributed by atoms with E-state index in [0.717, 1.165) is 19.3 Å². The molecule has 0 aliphatic heterocycles. The number of aliphatic hydroxyl groups excluding tert-OH is 1. The summed E-state index contributed by atoms with van der Waals surface area (Å²) in [6.07, 6.45) is 3.06. The molecule has 5 heteroatoms. The van der Waals surface area contributed by atoms with Crippen molar-refractivity contribution >= 4 is 5.91 Å². The van der Waals surface area contributed by atoms with Crippen LogP contribution >= 0.6 is 0 Å². The van der Waals surface area contributed by atoms with Crippen molar-refractivity contribution < 1.29 is 14.6 Å². The molecule has 1 unspecified atom stereocenters. The molecule has 0 aromatic rings. The highest BCUT2D eigenvalue weighted by molar-refractivity contribution is 5.81. The Morgan fingerprint density at radius 3 is 2.50 bits per heavy atom. The van der Waals surface area contributed by atoms with Crippen molar-refractivity contribution in [1.29, 1.82) is 0 Å². The number of amides is 1. The quantitative estimate of drug-likeness (QED) is 0.504. The van der Waals surface area contributed by atoms with Crippen LogP contribution in [-0.2, 0) is 9.53 Å². The van der Waals surface area contributed by atoms with Gasteiger partial charge in [-0.15, -0.1) is 0 Å². The van der Waals surface area contributed by atoms with Crippen molar-refractivity contribution in [2.45, 2.75) is 45.6 Å². The minimum absolute atomic E-state index is 0.0825. The molecule has 1 atom stereocenters. The summed E-state index contributed by atoms with van der Waals surface area (Å²) in [6, 6.07) is -0.495. The fourth-order valence-electron chi connectivity index (χ4n) is 1.76. The Bertz CT molecular complexity index is 222. The summed E-state index contributed by atoms with van der Waals surface area (Å²) in [4.78, 5) is 11.8. The lowest BCUT2D eigenvalue weighted by atomic mass is 9.83. The third-order valence-electron chi connectivity index (χ3n) is 3.67. The Morgan fingerprint density at radius 1 is 1.44 bits per heavy atom. The molecular weight excluding hydrogens is 232 g/mol. The Balaban J connectivity index is 4.07. The van der Waals surface area contributed by atoms with Gasteiger partial charge in [0.05, 0.1) is 12.6 Å². The van der Waals surface area contributed by atoms with Gasteiger partial charge in [0.2, 0.25) is 5.91 Å². The number of carbonyl (C=O) groups excluding carboxylic acids is 1. The number of nitrogens with one attached hydrogen (secondary N) is 1. The van der Waals surface area contributed by atoms with Crippen LogP contribution in [0.2, 0.25) is 0 Å². The van der Waals surface area contributed by atoms with Crippen LogP contribution in [0.25, 0.3) is 0 Å². The van der Waals surface area contributed by atoms with E-state index in [0.29, 0.717) is 19.6 Å². The van der Waals surface area contributed by atoms with Gasteiger partial charge in [-0.1, -0.05) is 13.8 Å². The molecule has 0 aliphatic carbocycles. The third-order valence-corrected chi connectivity index (χ3v) is 3.67. The molecule has 18 heavy (non-hydrogen) atoms. The second-order valence-electron chi connectivity index (χ2n) is 4.82. The predicted molar refractivity (Wildman–Crippen MR) is 72.2 cm³/mol. The largest absolute Gasteiger partial charge is 0.396 e. The summed E-state index contributed by atoms with van der Waals surface area (Å²) in [5.41, 5.74) is 5.56. The first kappa shape index (κ1) is 17.4. The van der Waals surface area contributed by atoms with Crippen LogP contribution in [0.1, 0.15) is 39.5 Å². The fourth-order valence-corrected chi connectivity index (χ4v) is 1.76. The van der Waals surface area contributed by atoms with E-state index in [1.165, 1.54) is 0 Å². The average Bonchev–Trinajstić information content (AvgIpc) is 2.40. The number of nitrogens with two attached hydrogens (primary N) is 1. The van der Waals surface area contributed by atoms with Gasteiger partial charge in [0.15, 0.2) is 0 Å². The van der Waals surface area contributed by atoms with Gasteiger partial charge < -0.3 is 20.9 Å². The van der Waals surface area contributed by atoms with Crippen LogP contribution in [0, 0.1) is 5.41 Å². The van der Waals surface area contributed by atoms with Crippen LogP contribution in [0.4, 0.5) is 0 Å². The SMILES string of the molecule is CCC(CC)(CO)CNC(=O)C(N)CCCOC. The molecule has 0 saturated carbocycles. The number of aliphatic hydroxyl groups is 1. The topological polar surface area (TPSA) is 84.6 Å². The summed E-state index contributed by atoms with van der Waals surface area (Å²) >= 11 is 0.